The highest BCUT2D eigenvalue weighted by molar-refractivity contribution is 5.76. The quantitative estimate of drug-likeness (QED) is 0.773. The van der Waals surface area contributed by atoms with E-state index in [1.54, 1.807) is 0 Å². The molecule has 0 unspecified atom stereocenters. The van der Waals surface area contributed by atoms with E-state index in [-0.39, 0.29) is 18.1 Å². The molecule has 1 aromatic heterocycles. The first-order valence-electron chi connectivity index (χ1n) is 7.28. The Morgan fingerprint density at radius 1 is 1.21 bits per heavy atom. The Morgan fingerprint density at radius 2 is 1.89 bits per heavy atom. The molecule has 4 nitrogen and oxygen atoms in total. The van der Waals surface area contributed by atoms with Crippen LogP contribution in [0.2, 0.25) is 0 Å². The van der Waals surface area contributed by atoms with Crippen molar-refractivity contribution in [2.24, 2.45) is 0 Å². The predicted molar refractivity (Wildman–Crippen MR) is 74.8 cm³/mol. The Morgan fingerprint density at radius 3 is 2.53 bits per heavy atom. The third kappa shape index (κ3) is 3.60. The number of aliphatic hydroxyl groups is 1. The molecule has 2 N–H and O–H groups in total. The van der Waals surface area contributed by atoms with Gasteiger partial charge in [0.15, 0.2) is 0 Å². The van der Waals surface area contributed by atoms with Gasteiger partial charge >= 0.3 is 0 Å². The maximum atomic E-state index is 12.1. The first-order chi connectivity index (χ1) is 9.27. The van der Waals surface area contributed by atoms with Crippen LogP contribution in [-0.2, 0) is 10.3 Å². The number of carbonyl (C=O) groups excluding carboxylic acids is 1. The minimum Gasteiger partial charge on any atom is -0.396 e. The summed E-state index contributed by atoms with van der Waals surface area (Å²) in [5.41, 5.74) is -0.0367. The molecule has 0 bridgehead atoms. The Hall–Kier alpha value is -1.29. The van der Waals surface area contributed by atoms with Crippen molar-refractivity contribution in [2.45, 2.75) is 50.5 Å². The largest absolute Gasteiger partial charge is 0.396 e. The second kappa shape index (κ2) is 6.75. The van der Waals surface area contributed by atoms with Gasteiger partial charge in [-0.1, -0.05) is 19.3 Å². The second-order valence-corrected chi connectivity index (χ2v) is 5.48. The summed E-state index contributed by atoms with van der Waals surface area (Å²) in [5, 5.41) is 11.7. The molecule has 0 atom stereocenters. The average Bonchev–Trinajstić information content (AvgIpc) is 2.94. The summed E-state index contributed by atoms with van der Waals surface area (Å²) in [7, 11) is 0. The molecule has 0 spiro atoms. The van der Waals surface area contributed by atoms with Crippen molar-refractivity contribution in [3.63, 3.8) is 0 Å². The lowest BCUT2D eigenvalue weighted by Gasteiger charge is -2.38. The molecular formula is C15H24N2O2. The van der Waals surface area contributed by atoms with Crippen LogP contribution in [0.3, 0.4) is 0 Å². The lowest BCUT2D eigenvalue weighted by Crippen LogP contribution is -2.41. The first kappa shape index (κ1) is 14.1. The van der Waals surface area contributed by atoms with Gasteiger partial charge in [-0.15, -0.1) is 0 Å². The average molecular weight is 264 g/mol. The predicted octanol–water partition coefficient (Wildman–Crippen LogP) is 2.04. The molecule has 0 saturated heterocycles. The molecule has 2 rings (SSSR count). The lowest BCUT2D eigenvalue weighted by molar-refractivity contribution is -0.123. The number of hydrogen-bond donors (Lipinski definition) is 2. The molecule has 1 heterocycles. The van der Waals surface area contributed by atoms with Gasteiger partial charge in [0.1, 0.15) is 0 Å². The lowest BCUT2D eigenvalue weighted by atomic mass is 9.78. The van der Waals surface area contributed by atoms with Gasteiger partial charge in [-0.3, -0.25) is 4.79 Å². The van der Waals surface area contributed by atoms with E-state index in [9.17, 15) is 4.79 Å². The van der Waals surface area contributed by atoms with Crippen molar-refractivity contribution >= 4 is 5.91 Å². The Bertz CT molecular complexity index is 381. The van der Waals surface area contributed by atoms with Gasteiger partial charge in [-0.2, -0.15) is 0 Å². The highest BCUT2D eigenvalue weighted by atomic mass is 16.3. The molecule has 0 radical (unpaired) electrons. The van der Waals surface area contributed by atoms with E-state index in [0.29, 0.717) is 19.4 Å². The van der Waals surface area contributed by atoms with E-state index in [2.05, 4.69) is 22.3 Å². The van der Waals surface area contributed by atoms with Gasteiger partial charge in [-0.25, -0.2) is 0 Å². The van der Waals surface area contributed by atoms with Crippen molar-refractivity contribution in [1.29, 1.82) is 0 Å². The number of rotatable bonds is 6. The van der Waals surface area contributed by atoms with Crippen LogP contribution < -0.4 is 5.32 Å². The fourth-order valence-electron chi connectivity index (χ4n) is 3.06. The van der Waals surface area contributed by atoms with E-state index in [0.717, 1.165) is 12.8 Å². The molecule has 0 aromatic carbocycles. The molecule has 106 valence electrons. The van der Waals surface area contributed by atoms with E-state index in [4.69, 9.17) is 5.11 Å². The number of aromatic nitrogens is 1. The number of hydrogen-bond acceptors (Lipinski definition) is 2. The summed E-state index contributed by atoms with van der Waals surface area (Å²) in [5.74, 6) is 0.101. The Balaban J connectivity index is 2.00. The van der Waals surface area contributed by atoms with Crippen molar-refractivity contribution < 1.29 is 9.90 Å². The SMILES string of the molecule is O=C(CC1(n2cccc2)CCCCC1)NCCCO. The van der Waals surface area contributed by atoms with E-state index < -0.39 is 0 Å². The van der Waals surface area contributed by atoms with E-state index >= 15 is 0 Å². The molecule has 19 heavy (non-hydrogen) atoms. The molecule has 1 aliphatic carbocycles. The third-order valence-electron chi connectivity index (χ3n) is 4.08. The standard InChI is InChI=1S/C15H24N2O2/c18-12-6-9-16-14(19)13-15(7-2-1-3-8-15)17-10-4-5-11-17/h4-5,10-11,18H,1-3,6-9,12-13H2,(H,16,19). The van der Waals surface area contributed by atoms with Crippen LogP contribution >= 0.6 is 0 Å². The summed E-state index contributed by atoms with van der Waals surface area (Å²) in [6, 6.07) is 4.06. The number of amides is 1. The van der Waals surface area contributed by atoms with Crippen molar-refractivity contribution in [2.75, 3.05) is 13.2 Å². The second-order valence-electron chi connectivity index (χ2n) is 5.48. The van der Waals surface area contributed by atoms with Gasteiger partial charge < -0.3 is 15.0 Å². The third-order valence-corrected chi connectivity index (χ3v) is 4.08. The van der Waals surface area contributed by atoms with Gasteiger partial charge in [0.05, 0.1) is 12.0 Å². The van der Waals surface area contributed by atoms with Crippen LogP contribution in [0.4, 0.5) is 0 Å². The number of nitrogens with zero attached hydrogens (tertiary/aromatic N) is 1. The molecule has 1 aromatic rings. The molecule has 1 fully saturated rings. The van der Waals surface area contributed by atoms with Crippen LogP contribution in [-0.4, -0.2) is 28.7 Å². The minimum atomic E-state index is -0.0367. The van der Waals surface area contributed by atoms with Crippen LogP contribution in [0.5, 0.6) is 0 Å². The van der Waals surface area contributed by atoms with Gasteiger partial charge in [0.25, 0.3) is 0 Å². The summed E-state index contributed by atoms with van der Waals surface area (Å²) in [4.78, 5) is 12.1. The van der Waals surface area contributed by atoms with Crippen LogP contribution in [0.25, 0.3) is 0 Å². The fraction of sp³-hybridized carbons (Fsp3) is 0.667. The Kier molecular flexibility index (Phi) is 5.02. The van der Waals surface area contributed by atoms with Crippen LogP contribution in [0, 0.1) is 0 Å². The Labute approximate surface area is 114 Å². The maximum absolute atomic E-state index is 12.1. The van der Waals surface area contributed by atoms with Crippen LogP contribution in [0.15, 0.2) is 24.5 Å². The zero-order valence-electron chi connectivity index (χ0n) is 11.5. The smallest absolute Gasteiger partial charge is 0.222 e. The number of nitrogens with one attached hydrogen (secondary N) is 1. The van der Waals surface area contributed by atoms with E-state index in [1.165, 1.54) is 19.3 Å². The van der Waals surface area contributed by atoms with Gasteiger partial charge in [-0.05, 0) is 31.4 Å². The minimum absolute atomic E-state index is 0.0367. The maximum Gasteiger partial charge on any atom is 0.222 e. The monoisotopic (exact) mass is 264 g/mol. The zero-order valence-corrected chi connectivity index (χ0v) is 11.5. The van der Waals surface area contributed by atoms with Crippen molar-refractivity contribution in [3.05, 3.63) is 24.5 Å². The van der Waals surface area contributed by atoms with Gasteiger partial charge in [0.2, 0.25) is 5.91 Å². The van der Waals surface area contributed by atoms with Crippen molar-refractivity contribution in [1.82, 2.24) is 9.88 Å². The molecular weight excluding hydrogens is 240 g/mol. The highest BCUT2D eigenvalue weighted by Crippen LogP contribution is 2.37. The highest BCUT2D eigenvalue weighted by Gasteiger charge is 2.35. The molecule has 1 aliphatic rings. The first-order valence-corrected chi connectivity index (χ1v) is 7.28. The van der Waals surface area contributed by atoms with Crippen LogP contribution in [0.1, 0.15) is 44.9 Å². The summed E-state index contributed by atoms with van der Waals surface area (Å²) in [6.07, 6.45) is 11.2. The molecule has 4 heteroatoms. The fourth-order valence-corrected chi connectivity index (χ4v) is 3.06. The molecule has 1 saturated carbocycles. The molecule has 0 aliphatic heterocycles. The number of aliphatic hydroxyl groups excluding tert-OH is 1. The summed E-state index contributed by atoms with van der Waals surface area (Å²) < 4.78 is 2.22. The van der Waals surface area contributed by atoms with E-state index in [1.807, 2.05) is 12.1 Å². The molecule has 1 amide bonds. The van der Waals surface area contributed by atoms with Gasteiger partial charge in [0, 0.05) is 25.5 Å². The number of carbonyl (C=O) groups is 1. The topological polar surface area (TPSA) is 54.3 Å². The summed E-state index contributed by atoms with van der Waals surface area (Å²) in [6.45, 7) is 0.695. The normalized spacial score (nSPS) is 18.2. The summed E-state index contributed by atoms with van der Waals surface area (Å²) >= 11 is 0. The van der Waals surface area contributed by atoms with Crippen molar-refractivity contribution in [3.8, 4) is 0 Å². The zero-order chi connectivity index (χ0) is 13.6.